The molecule has 3 rings (SSSR count). The highest BCUT2D eigenvalue weighted by atomic mass is 14.3. The molecular formula is C35H51N. The third kappa shape index (κ3) is 9.10. The Morgan fingerprint density at radius 3 is 1.86 bits per heavy atom. The van der Waals surface area contributed by atoms with Gasteiger partial charge in [-0.15, -0.1) is 0 Å². The predicted molar refractivity (Wildman–Crippen MR) is 156 cm³/mol. The minimum absolute atomic E-state index is 0.00190. The van der Waals surface area contributed by atoms with Gasteiger partial charge in [0.25, 0.3) is 0 Å². The van der Waals surface area contributed by atoms with Gasteiger partial charge in [0.2, 0.25) is 0 Å². The molecule has 0 aromatic heterocycles. The lowest BCUT2D eigenvalue weighted by Crippen LogP contribution is -2.13. The molecule has 196 valence electrons. The molecule has 1 saturated carbocycles. The van der Waals surface area contributed by atoms with E-state index in [-0.39, 0.29) is 5.92 Å². The summed E-state index contributed by atoms with van der Waals surface area (Å²) in [5.41, 5.74) is 5.21. The number of rotatable bonds is 15. The quantitative estimate of drug-likeness (QED) is 0.230. The molecule has 0 N–H and O–H groups in total. The molecule has 0 spiro atoms. The number of nitriles is 1. The molecule has 0 radical (unpaired) electrons. The van der Waals surface area contributed by atoms with Crippen molar-refractivity contribution in [3.63, 3.8) is 0 Å². The van der Waals surface area contributed by atoms with E-state index in [1.807, 2.05) is 0 Å². The molecule has 0 bridgehead atoms. The van der Waals surface area contributed by atoms with Crippen molar-refractivity contribution >= 4 is 0 Å². The molecule has 2 aromatic carbocycles. The number of benzene rings is 2. The van der Waals surface area contributed by atoms with Gasteiger partial charge in [0.15, 0.2) is 0 Å². The van der Waals surface area contributed by atoms with Crippen LogP contribution in [0, 0.1) is 23.2 Å². The first-order valence-electron chi connectivity index (χ1n) is 15.2. The lowest BCUT2D eigenvalue weighted by atomic mass is 9.77. The van der Waals surface area contributed by atoms with Crippen LogP contribution in [0.2, 0.25) is 0 Å². The SMILES string of the molecule is CCCCCCCCCCC1CCC(c2ccc(-c3ccc(C(C#N)CC(C)CC)cc3)cc2)CC1. The summed E-state index contributed by atoms with van der Waals surface area (Å²) in [6, 6.07) is 20.6. The topological polar surface area (TPSA) is 23.8 Å². The highest BCUT2D eigenvalue weighted by Gasteiger charge is 2.22. The second-order valence-corrected chi connectivity index (χ2v) is 11.7. The third-order valence-electron chi connectivity index (χ3n) is 8.83. The van der Waals surface area contributed by atoms with Crippen molar-refractivity contribution in [3.05, 3.63) is 59.7 Å². The standard InChI is InChI=1S/C35H51N/c1-4-6-7-8-9-10-11-12-13-29-14-16-30(17-15-29)31-18-20-32(21-19-31)33-22-24-34(25-23-33)35(27-36)26-28(3)5-2/h18-25,28-30,35H,4-17,26H2,1-3H3. The molecule has 1 aliphatic carbocycles. The zero-order chi connectivity index (χ0) is 25.6. The summed E-state index contributed by atoms with van der Waals surface area (Å²) >= 11 is 0. The largest absolute Gasteiger partial charge is 0.198 e. The molecule has 0 saturated heterocycles. The van der Waals surface area contributed by atoms with Crippen LogP contribution in [0.1, 0.15) is 140 Å². The van der Waals surface area contributed by atoms with Crippen molar-refractivity contribution in [2.75, 3.05) is 0 Å². The van der Waals surface area contributed by atoms with Crippen LogP contribution in [-0.4, -0.2) is 0 Å². The molecule has 2 aromatic rings. The van der Waals surface area contributed by atoms with Crippen LogP contribution >= 0.6 is 0 Å². The molecule has 0 heterocycles. The summed E-state index contributed by atoms with van der Waals surface area (Å²) in [5.74, 6) is 2.30. The van der Waals surface area contributed by atoms with Gasteiger partial charge in [-0.25, -0.2) is 0 Å². The van der Waals surface area contributed by atoms with Crippen molar-refractivity contribution < 1.29 is 0 Å². The van der Waals surface area contributed by atoms with Crippen LogP contribution < -0.4 is 0 Å². The normalized spacial score (nSPS) is 19.5. The van der Waals surface area contributed by atoms with E-state index in [4.69, 9.17) is 0 Å². The summed E-state index contributed by atoms with van der Waals surface area (Å²) in [7, 11) is 0. The molecule has 1 fully saturated rings. The second-order valence-electron chi connectivity index (χ2n) is 11.7. The van der Waals surface area contributed by atoms with E-state index in [9.17, 15) is 5.26 Å². The van der Waals surface area contributed by atoms with E-state index < -0.39 is 0 Å². The molecule has 0 aliphatic heterocycles. The molecule has 36 heavy (non-hydrogen) atoms. The van der Waals surface area contributed by atoms with Gasteiger partial charge in [-0.2, -0.15) is 5.26 Å². The average molecular weight is 486 g/mol. The fourth-order valence-corrected chi connectivity index (χ4v) is 6.04. The number of nitrogens with zero attached hydrogens (tertiary/aromatic N) is 1. The summed E-state index contributed by atoms with van der Waals surface area (Å²) < 4.78 is 0. The van der Waals surface area contributed by atoms with Crippen molar-refractivity contribution in [2.24, 2.45) is 11.8 Å². The third-order valence-corrected chi connectivity index (χ3v) is 8.83. The highest BCUT2D eigenvalue weighted by Crippen LogP contribution is 2.38. The van der Waals surface area contributed by atoms with Gasteiger partial charge in [0, 0.05) is 0 Å². The van der Waals surface area contributed by atoms with Crippen LogP contribution in [0.5, 0.6) is 0 Å². The van der Waals surface area contributed by atoms with E-state index in [0.29, 0.717) is 5.92 Å². The average Bonchev–Trinajstić information content (AvgIpc) is 2.93. The van der Waals surface area contributed by atoms with Crippen LogP contribution in [0.15, 0.2) is 48.5 Å². The Bertz CT molecular complexity index is 880. The summed E-state index contributed by atoms with van der Waals surface area (Å²) in [6.07, 6.45) is 20.5. The second kappa shape index (κ2) is 15.9. The van der Waals surface area contributed by atoms with E-state index >= 15 is 0 Å². The summed E-state index contributed by atoms with van der Waals surface area (Å²) in [5, 5.41) is 9.63. The Morgan fingerprint density at radius 1 is 0.750 bits per heavy atom. The number of unbranched alkanes of at least 4 members (excludes halogenated alkanes) is 7. The smallest absolute Gasteiger partial charge is 0.0715 e. The Kier molecular flexibility index (Phi) is 12.6. The fourth-order valence-electron chi connectivity index (χ4n) is 6.04. The summed E-state index contributed by atoms with van der Waals surface area (Å²) in [6.45, 7) is 6.74. The molecular weight excluding hydrogens is 434 g/mol. The van der Waals surface area contributed by atoms with Crippen molar-refractivity contribution in [1.82, 2.24) is 0 Å². The molecule has 0 amide bonds. The summed E-state index contributed by atoms with van der Waals surface area (Å²) in [4.78, 5) is 0. The van der Waals surface area contributed by atoms with Crippen molar-refractivity contribution in [2.45, 2.75) is 129 Å². The van der Waals surface area contributed by atoms with Crippen molar-refractivity contribution in [3.8, 4) is 17.2 Å². The van der Waals surface area contributed by atoms with Gasteiger partial charge in [-0.3, -0.25) is 0 Å². The monoisotopic (exact) mass is 485 g/mol. The highest BCUT2D eigenvalue weighted by molar-refractivity contribution is 5.64. The van der Waals surface area contributed by atoms with Crippen molar-refractivity contribution in [1.29, 1.82) is 5.26 Å². The number of hydrogen-bond donors (Lipinski definition) is 0. The lowest BCUT2D eigenvalue weighted by molar-refractivity contribution is 0.302. The first-order valence-corrected chi connectivity index (χ1v) is 15.2. The first kappa shape index (κ1) is 28.5. The zero-order valence-electron chi connectivity index (χ0n) is 23.5. The van der Waals surface area contributed by atoms with Crippen LogP contribution in [-0.2, 0) is 0 Å². The van der Waals surface area contributed by atoms with Crippen LogP contribution in [0.4, 0.5) is 0 Å². The number of hydrogen-bond acceptors (Lipinski definition) is 1. The van der Waals surface area contributed by atoms with Crippen LogP contribution in [0.25, 0.3) is 11.1 Å². The van der Waals surface area contributed by atoms with Crippen LogP contribution in [0.3, 0.4) is 0 Å². The van der Waals surface area contributed by atoms with Gasteiger partial charge >= 0.3 is 0 Å². The molecule has 1 heteroatoms. The zero-order valence-corrected chi connectivity index (χ0v) is 23.5. The molecule has 1 nitrogen and oxygen atoms in total. The Labute approximate surface area is 222 Å². The fraction of sp³-hybridized carbons (Fsp3) is 0.629. The lowest BCUT2D eigenvalue weighted by Gasteiger charge is -2.29. The van der Waals surface area contributed by atoms with Gasteiger partial charge in [-0.1, -0.05) is 134 Å². The Hall–Kier alpha value is -2.07. The molecule has 1 aliphatic rings. The first-order chi connectivity index (χ1) is 17.6. The molecule has 2 unspecified atom stereocenters. The van der Waals surface area contributed by atoms with E-state index in [1.54, 1.807) is 0 Å². The van der Waals surface area contributed by atoms with Gasteiger partial charge < -0.3 is 0 Å². The Balaban J connectivity index is 1.41. The van der Waals surface area contributed by atoms with E-state index in [1.165, 1.54) is 100 Å². The van der Waals surface area contributed by atoms with Gasteiger partial charge in [0.1, 0.15) is 0 Å². The van der Waals surface area contributed by atoms with Gasteiger partial charge in [-0.05, 0) is 72.1 Å². The van der Waals surface area contributed by atoms with Gasteiger partial charge in [0.05, 0.1) is 12.0 Å². The minimum atomic E-state index is 0.00190. The maximum atomic E-state index is 9.63. The maximum Gasteiger partial charge on any atom is 0.0715 e. The van der Waals surface area contributed by atoms with E-state index in [2.05, 4.69) is 75.4 Å². The van der Waals surface area contributed by atoms with E-state index in [0.717, 1.165) is 30.2 Å². The maximum absolute atomic E-state index is 9.63. The Morgan fingerprint density at radius 2 is 1.31 bits per heavy atom. The minimum Gasteiger partial charge on any atom is -0.198 e. The predicted octanol–water partition coefficient (Wildman–Crippen LogP) is 11.2. The molecule has 2 atom stereocenters.